The molecule has 1 unspecified atom stereocenters. The minimum atomic E-state index is -0.459. The first-order valence-corrected chi connectivity index (χ1v) is 5.55. The van der Waals surface area contributed by atoms with Crippen LogP contribution < -0.4 is 15.8 Å². The lowest BCUT2D eigenvalue weighted by molar-refractivity contribution is -0.120. The Morgan fingerprint density at radius 2 is 1.94 bits per heavy atom. The second-order valence-electron chi connectivity index (χ2n) is 4.18. The van der Waals surface area contributed by atoms with Crippen LogP contribution in [0.25, 0.3) is 0 Å². The van der Waals surface area contributed by atoms with Crippen molar-refractivity contribution < 1.29 is 9.53 Å². The monoisotopic (exact) mass is 236 g/mol. The van der Waals surface area contributed by atoms with Gasteiger partial charge in [-0.2, -0.15) is 0 Å². The van der Waals surface area contributed by atoms with Crippen molar-refractivity contribution in [2.75, 3.05) is 14.2 Å². The standard InChI is InChI=1S/C13H20N2O2/c1-7-6-10(17-5)8(2)9(3)11(7)12(15-4)13(14)16/h6,12,15H,1-5H3,(H2,14,16). The lowest BCUT2D eigenvalue weighted by atomic mass is 9.92. The first-order valence-electron chi connectivity index (χ1n) is 5.55. The maximum atomic E-state index is 11.4. The number of nitrogens with one attached hydrogen (secondary N) is 1. The molecule has 0 saturated heterocycles. The summed E-state index contributed by atoms with van der Waals surface area (Å²) in [6.07, 6.45) is 0. The third-order valence-electron chi connectivity index (χ3n) is 3.19. The first-order chi connectivity index (χ1) is 7.93. The molecule has 0 aliphatic carbocycles. The number of primary amides is 1. The van der Waals surface area contributed by atoms with Crippen molar-refractivity contribution in [3.8, 4) is 5.75 Å². The van der Waals surface area contributed by atoms with Gasteiger partial charge < -0.3 is 15.8 Å². The Morgan fingerprint density at radius 3 is 2.35 bits per heavy atom. The van der Waals surface area contributed by atoms with Crippen molar-refractivity contribution in [1.29, 1.82) is 0 Å². The van der Waals surface area contributed by atoms with Gasteiger partial charge in [-0.15, -0.1) is 0 Å². The third-order valence-corrected chi connectivity index (χ3v) is 3.19. The van der Waals surface area contributed by atoms with Crippen LogP contribution in [-0.4, -0.2) is 20.1 Å². The molecule has 0 bridgehead atoms. The SMILES string of the molecule is CNC(C(N)=O)c1c(C)cc(OC)c(C)c1C. The number of carbonyl (C=O) groups is 1. The van der Waals surface area contributed by atoms with Crippen molar-refractivity contribution in [3.05, 3.63) is 28.3 Å². The summed E-state index contributed by atoms with van der Waals surface area (Å²) in [4.78, 5) is 11.4. The Labute approximate surface area is 102 Å². The number of hydrogen-bond acceptors (Lipinski definition) is 3. The van der Waals surface area contributed by atoms with E-state index in [-0.39, 0.29) is 5.91 Å². The summed E-state index contributed by atoms with van der Waals surface area (Å²) in [6, 6.07) is 1.48. The fourth-order valence-electron chi connectivity index (χ4n) is 2.15. The number of nitrogens with two attached hydrogens (primary N) is 1. The second-order valence-corrected chi connectivity index (χ2v) is 4.18. The number of rotatable bonds is 4. The number of ether oxygens (including phenoxy) is 1. The molecular formula is C13H20N2O2. The van der Waals surface area contributed by atoms with Crippen LogP contribution in [0, 0.1) is 20.8 Å². The lowest BCUT2D eigenvalue weighted by Gasteiger charge is -2.21. The molecule has 0 radical (unpaired) electrons. The molecule has 1 aromatic rings. The molecule has 1 aromatic carbocycles. The van der Waals surface area contributed by atoms with Gasteiger partial charge in [-0.1, -0.05) is 0 Å². The van der Waals surface area contributed by atoms with Gasteiger partial charge in [0.1, 0.15) is 11.8 Å². The van der Waals surface area contributed by atoms with Gasteiger partial charge in [0, 0.05) is 0 Å². The van der Waals surface area contributed by atoms with Crippen molar-refractivity contribution in [2.45, 2.75) is 26.8 Å². The molecule has 0 aromatic heterocycles. The van der Waals surface area contributed by atoms with Gasteiger partial charge in [0.25, 0.3) is 0 Å². The summed E-state index contributed by atoms with van der Waals surface area (Å²) in [5.74, 6) is 0.464. The summed E-state index contributed by atoms with van der Waals surface area (Å²) >= 11 is 0. The molecule has 17 heavy (non-hydrogen) atoms. The molecule has 0 heterocycles. The molecule has 0 saturated carbocycles. The minimum Gasteiger partial charge on any atom is -0.496 e. The number of amides is 1. The van der Waals surface area contributed by atoms with E-state index in [1.165, 1.54) is 0 Å². The topological polar surface area (TPSA) is 64.3 Å². The van der Waals surface area contributed by atoms with E-state index in [1.807, 2.05) is 26.8 Å². The molecular weight excluding hydrogens is 216 g/mol. The van der Waals surface area contributed by atoms with Gasteiger partial charge in [0.2, 0.25) is 5.91 Å². The molecule has 4 heteroatoms. The molecule has 4 nitrogen and oxygen atoms in total. The fourth-order valence-corrected chi connectivity index (χ4v) is 2.15. The van der Waals surface area contributed by atoms with Crippen LogP contribution in [0.2, 0.25) is 0 Å². The van der Waals surface area contributed by atoms with Crippen LogP contribution in [0.15, 0.2) is 6.07 Å². The maximum Gasteiger partial charge on any atom is 0.239 e. The molecule has 0 fully saturated rings. The van der Waals surface area contributed by atoms with Gasteiger partial charge in [0.15, 0.2) is 0 Å². The van der Waals surface area contributed by atoms with Gasteiger partial charge in [0.05, 0.1) is 7.11 Å². The van der Waals surface area contributed by atoms with E-state index >= 15 is 0 Å². The highest BCUT2D eigenvalue weighted by atomic mass is 16.5. The fraction of sp³-hybridized carbons (Fsp3) is 0.462. The number of aryl methyl sites for hydroxylation is 1. The predicted molar refractivity (Wildman–Crippen MR) is 68.2 cm³/mol. The zero-order valence-electron chi connectivity index (χ0n) is 11.0. The van der Waals surface area contributed by atoms with Crippen LogP contribution in [0.1, 0.15) is 28.3 Å². The van der Waals surface area contributed by atoms with E-state index in [9.17, 15) is 4.79 Å². The molecule has 0 aliphatic rings. The summed E-state index contributed by atoms with van der Waals surface area (Å²) in [7, 11) is 3.37. The summed E-state index contributed by atoms with van der Waals surface area (Å²) in [5, 5.41) is 2.95. The van der Waals surface area contributed by atoms with Crippen molar-refractivity contribution in [3.63, 3.8) is 0 Å². The number of methoxy groups -OCH3 is 1. The van der Waals surface area contributed by atoms with Gasteiger partial charge in [-0.3, -0.25) is 4.79 Å². The highest BCUT2D eigenvalue weighted by molar-refractivity contribution is 5.82. The van der Waals surface area contributed by atoms with Crippen LogP contribution >= 0.6 is 0 Å². The first kappa shape index (κ1) is 13.5. The number of benzene rings is 1. The summed E-state index contributed by atoms with van der Waals surface area (Å²) < 4.78 is 5.30. The Morgan fingerprint density at radius 1 is 1.35 bits per heavy atom. The smallest absolute Gasteiger partial charge is 0.239 e. The predicted octanol–water partition coefficient (Wildman–Crippen LogP) is 1.37. The Balaban J connectivity index is 3.44. The largest absolute Gasteiger partial charge is 0.496 e. The van der Waals surface area contributed by atoms with Crippen molar-refractivity contribution in [2.24, 2.45) is 5.73 Å². The van der Waals surface area contributed by atoms with E-state index in [4.69, 9.17) is 10.5 Å². The maximum absolute atomic E-state index is 11.4. The average Bonchev–Trinajstić information content (AvgIpc) is 2.28. The average molecular weight is 236 g/mol. The van der Waals surface area contributed by atoms with Crippen LogP contribution in [-0.2, 0) is 4.79 Å². The lowest BCUT2D eigenvalue weighted by Crippen LogP contribution is -2.32. The highest BCUT2D eigenvalue weighted by Crippen LogP contribution is 2.31. The Hall–Kier alpha value is -1.55. The minimum absolute atomic E-state index is 0.372. The van der Waals surface area contributed by atoms with E-state index in [0.29, 0.717) is 0 Å². The molecule has 3 N–H and O–H groups in total. The van der Waals surface area contributed by atoms with Gasteiger partial charge >= 0.3 is 0 Å². The zero-order chi connectivity index (χ0) is 13.2. The van der Waals surface area contributed by atoms with E-state index < -0.39 is 6.04 Å². The third kappa shape index (κ3) is 2.42. The molecule has 1 amide bonds. The van der Waals surface area contributed by atoms with E-state index in [2.05, 4.69) is 5.32 Å². The molecule has 1 atom stereocenters. The zero-order valence-corrected chi connectivity index (χ0v) is 11.0. The molecule has 0 spiro atoms. The molecule has 0 aliphatic heterocycles. The molecule has 94 valence electrons. The van der Waals surface area contributed by atoms with E-state index in [1.54, 1.807) is 14.2 Å². The Bertz CT molecular complexity index is 442. The summed E-state index contributed by atoms with van der Waals surface area (Å²) in [6.45, 7) is 5.91. The van der Waals surface area contributed by atoms with E-state index in [0.717, 1.165) is 28.0 Å². The van der Waals surface area contributed by atoms with Gasteiger partial charge in [-0.05, 0) is 56.1 Å². The van der Waals surface area contributed by atoms with Crippen LogP contribution in [0.3, 0.4) is 0 Å². The number of hydrogen-bond donors (Lipinski definition) is 2. The summed E-state index contributed by atoms with van der Waals surface area (Å²) in [5.41, 5.74) is 9.43. The van der Waals surface area contributed by atoms with Crippen molar-refractivity contribution >= 4 is 5.91 Å². The van der Waals surface area contributed by atoms with Crippen LogP contribution in [0.4, 0.5) is 0 Å². The normalized spacial score (nSPS) is 12.3. The van der Waals surface area contributed by atoms with Gasteiger partial charge in [-0.25, -0.2) is 0 Å². The highest BCUT2D eigenvalue weighted by Gasteiger charge is 2.22. The Kier molecular flexibility index (Phi) is 4.12. The van der Waals surface area contributed by atoms with Crippen LogP contribution in [0.5, 0.6) is 5.75 Å². The second kappa shape index (κ2) is 5.19. The number of carbonyl (C=O) groups excluding carboxylic acids is 1. The molecule has 1 rings (SSSR count). The van der Waals surface area contributed by atoms with Crippen molar-refractivity contribution in [1.82, 2.24) is 5.32 Å². The number of likely N-dealkylation sites (N-methyl/N-ethyl adjacent to an activating group) is 1. The quantitative estimate of drug-likeness (QED) is 0.829.